The van der Waals surface area contributed by atoms with Gasteiger partial charge in [0.1, 0.15) is 0 Å². The van der Waals surface area contributed by atoms with Gasteiger partial charge in [-0.25, -0.2) is 0 Å². The summed E-state index contributed by atoms with van der Waals surface area (Å²) in [5, 5.41) is 0. The Labute approximate surface area is 74.9 Å². The van der Waals surface area contributed by atoms with Gasteiger partial charge < -0.3 is 0 Å². The number of rotatable bonds is 0. The standard InChI is InChI=1S/C11H18O/c1-7(2)10-6-5-8(3)9(4)11(10)12/h8-9H,5-6H2,1-4H3/t8-,9+/m1/s1. The molecule has 1 aliphatic carbocycles. The number of carbonyl (C=O) groups excluding carboxylic acids is 1. The fraction of sp³-hybridized carbons (Fsp3) is 0.727. The maximum atomic E-state index is 11.7. The van der Waals surface area contributed by atoms with Crippen molar-refractivity contribution >= 4 is 5.78 Å². The molecule has 1 saturated carbocycles. The largest absolute Gasteiger partial charge is 0.294 e. The second kappa shape index (κ2) is 3.42. The van der Waals surface area contributed by atoms with Gasteiger partial charge in [0.05, 0.1) is 0 Å². The molecule has 0 radical (unpaired) electrons. The van der Waals surface area contributed by atoms with E-state index in [9.17, 15) is 4.79 Å². The summed E-state index contributed by atoms with van der Waals surface area (Å²) < 4.78 is 0. The predicted molar refractivity (Wildman–Crippen MR) is 50.9 cm³/mol. The van der Waals surface area contributed by atoms with Crippen LogP contribution in [0.4, 0.5) is 0 Å². The first-order valence-electron chi connectivity index (χ1n) is 4.74. The van der Waals surface area contributed by atoms with Crippen LogP contribution in [0.1, 0.15) is 40.5 Å². The molecule has 0 aromatic rings. The molecule has 1 aliphatic rings. The van der Waals surface area contributed by atoms with Crippen LogP contribution in [-0.4, -0.2) is 5.78 Å². The van der Waals surface area contributed by atoms with Crippen LogP contribution in [0, 0.1) is 11.8 Å². The van der Waals surface area contributed by atoms with Crippen molar-refractivity contribution < 1.29 is 4.79 Å². The van der Waals surface area contributed by atoms with Gasteiger partial charge in [0.2, 0.25) is 0 Å². The lowest BCUT2D eigenvalue weighted by atomic mass is 9.77. The Morgan fingerprint density at radius 3 is 2.42 bits per heavy atom. The van der Waals surface area contributed by atoms with Gasteiger partial charge in [0.25, 0.3) is 0 Å². The molecule has 0 heterocycles. The van der Waals surface area contributed by atoms with E-state index in [1.54, 1.807) is 0 Å². The van der Waals surface area contributed by atoms with Crippen molar-refractivity contribution in [2.45, 2.75) is 40.5 Å². The van der Waals surface area contributed by atoms with E-state index in [1.165, 1.54) is 12.0 Å². The highest BCUT2D eigenvalue weighted by molar-refractivity contribution is 5.98. The molecule has 1 fully saturated rings. The summed E-state index contributed by atoms with van der Waals surface area (Å²) in [5.74, 6) is 1.19. The first-order valence-corrected chi connectivity index (χ1v) is 4.74. The Hall–Kier alpha value is -0.590. The summed E-state index contributed by atoms with van der Waals surface area (Å²) in [4.78, 5) is 11.7. The monoisotopic (exact) mass is 166 g/mol. The lowest BCUT2D eigenvalue weighted by Gasteiger charge is -2.26. The van der Waals surface area contributed by atoms with E-state index in [4.69, 9.17) is 0 Å². The molecule has 1 nitrogen and oxygen atoms in total. The minimum absolute atomic E-state index is 0.239. The quantitative estimate of drug-likeness (QED) is 0.506. The highest BCUT2D eigenvalue weighted by Gasteiger charge is 2.28. The van der Waals surface area contributed by atoms with Crippen molar-refractivity contribution in [1.29, 1.82) is 0 Å². The normalized spacial score (nSPS) is 30.7. The lowest BCUT2D eigenvalue weighted by molar-refractivity contribution is -0.121. The summed E-state index contributed by atoms with van der Waals surface area (Å²) in [5.41, 5.74) is 2.29. The number of hydrogen-bond acceptors (Lipinski definition) is 1. The Balaban J connectivity index is 2.87. The number of carbonyl (C=O) groups is 1. The fourth-order valence-electron chi connectivity index (χ4n) is 1.77. The zero-order valence-electron chi connectivity index (χ0n) is 8.48. The summed E-state index contributed by atoms with van der Waals surface area (Å²) >= 11 is 0. The van der Waals surface area contributed by atoms with Crippen molar-refractivity contribution in [3.63, 3.8) is 0 Å². The topological polar surface area (TPSA) is 17.1 Å². The lowest BCUT2D eigenvalue weighted by Crippen LogP contribution is -2.26. The third kappa shape index (κ3) is 1.60. The van der Waals surface area contributed by atoms with Crippen molar-refractivity contribution in [3.05, 3.63) is 11.1 Å². The van der Waals surface area contributed by atoms with Crippen LogP contribution in [0.15, 0.2) is 11.1 Å². The van der Waals surface area contributed by atoms with E-state index in [0.717, 1.165) is 12.0 Å². The molecule has 0 saturated heterocycles. The van der Waals surface area contributed by atoms with Crippen molar-refractivity contribution in [2.75, 3.05) is 0 Å². The van der Waals surface area contributed by atoms with Gasteiger partial charge in [-0.2, -0.15) is 0 Å². The molecule has 0 spiro atoms. The van der Waals surface area contributed by atoms with Gasteiger partial charge in [-0.05, 0) is 38.2 Å². The zero-order chi connectivity index (χ0) is 9.30. The fourth-order valence-corrected chi connectivity index (χ4v) is 1.77. The third-order valence-electron chi connectivity index (χ3n) is 3.02. The second-order valence-electron chi connectivity index (χ2n) is 4.15. The molecule has 1 heteroatoms. The zero-order valence-corrected chi connectivity index (χ0v) is 8.48. The van der Waals surface area contributed by atoms with Crippen LogP contribution in [0.25, 0.3) is 0 Å². The number of Topliss-reactive ketones (excluding diaryl/α,β-unsaturated/α-hetero) is 1. The summed E-state index contributed by atoms with van der Waals surface area (Å²) in [7, 11) is 0. The van der Waals surface area contributed by atoms with E-state index < -0.39 is 0 Å². The second-order valence-corrected chi connectivity index (χ2v) is 4.15. The molecular weight excluding hydrogens is 148 g/mol. The van der Waals surface area contributed by atoms with Crippen LogP contribution in [0.3, 0.4) is 0 Å². The predicted octanol–water partition coefficient (Wildman–Crippen LogP) is 2.96. The van der Waals surface area contributed by atoms with Gasteiger partial charge in [-0.1, -0.05) is 19.4 Å². The molecule has 1 rings (SSSR count). The SMILES string of the molecule is CC(C)=C1CC[C@@H](C)[C@H](C)C1=O. The van der Waals surface area contributed by atoms with E-state index in [1.807, 2.05) is 13.8 Å². The number of hydrogen-bond donors (Lipinski definition) is 0. The van der Waals surface area contributed by atoms with Gasteiger partial charge in [0, 0.05) is 5.92 Å². The van der Waals surface area contributed by atoms with Crippen molar-refractivity contribution in [1.82, 2.24) is 0 Å². The molecule has 0 aromatic heterocycles. The first-order chi connectivity index (χ1) is 5.54. The van der Waals surface area contributed by atoms with Gasteiger partial charge in [0.15, 0.2) is 5.78 Å². The van der Waals surface area contributed by atoms with Crippen molar-refractivity contribution in [2.24, 2.45) is 11.8 Å². The van der Waals surface area contributed by atoms with Gasteiger partial charge >= 0.3 is 0 Å². The minimum atomic E-state index is 0.239. The maximum absolute atomic E-state index is 11.7. The molecule has 0 aromatic carbocycles. The summed E-state index contributed by atoms with van der Waals surface area (Å²) in [6.07, 6.45) is 2.17. The van der Waals surface area contributed by atoms with Gasteiger partial charge in [-0.3, -0.25) is 4.79 Å². The smallest absolute Gasteiger partial charge is 0.161 e. The number of ketones is 1. The Bertz CT molecular complexity index is 221. The van der Waals surface area contributed by atoms with Crippen LogP contribution < -0.4 is 0 Å². The average molecular weight is 166 g/mol. The minimum Gasteiger partial charge on any atom is -0.294 e. The summed E-state index contributed by atoms with van der Waals surface area (Å²) in [6, 6.07) is 0. The molecule has 12 heavy (non-hydrogen) atoms. The summed E-state index contributed by atoms with van der Waals surface area (Å²) in [6.45, 7) is 8.30. The molecule has 0 amide bonds. The van der Waals surface area contributed by atoms with E-state index in [-0.39, 0.29) is 5.92 Å². The molecular formula is C11H18O. The average Bonchev–Trinajstić information content (AvgIpc) is 2.00. The van der Waals surface area contributed by atoms with Crippen LogP contribution in [0.2, 0.25) is 0 Å². The molecule has 0 bridgehead atoms. The molecule has 0 N–H and O–H groups in total. The van der Waals surface area contributed by atoms with E-state index in [0.29, 0.717) is 11.7 Å². The van der Waals surface area contributed by atoms with E-state index >= 15 is 0 Å². The third-order valence-corrected chi connectivity index (χ3v) is 3.02. The Kier molecular flexibility index (Phi) is 2.71. The van der Waals surface area contributed by atoms with Crippen LogP contribution in [0.5, 0.6) is 0 Å². The Morgan fingerprint density at radius 1 is 1.33 bits per heavy atom. The van der Waals surface area contributed by atoms with Gasteiger partial charge in [-0.15, -0.1) is 0 Å². The maximum Gasteiger partial charge on any atom is 0.161 e. The van der Waals surface area contributed by atoms with Crippen molar-refractivity contribution in [3.8, 4) is 0 Å². The molecule has 0 aliphatic heterocycles. The Morgan fingerprint density at radius 2 is 1.92 bits per heavy atom. The molecule has 2 atom stereocenters. The number of allylic oxidation sites excluding steroid dienone is 2. The first kappa shape index (κ1) is 9.50. The molecule has 0 unspecified atom stereocenters. The highest BCUT2D eigenvalue weighted by Crippen LogP contribution is 2.31. The highest BCUT2D eigenvalue weighted by atomic mass is 16.1. The van der Waals surface area contributed by atoms with Crippen LogP contribution >= 0.6 is 0 Å². The molecule has 68 valence electrons. The van der Waals surface area contributed by atoms with Crippen LogP contribution in [-0.2, 0) is 4.79 Å². The van der Waals surface area contributed by atoms with E-state index in [2.05, 4.69) is 13.8 Å².